The number of carbonyl (C=O) groups excluding carboxylic acids is 15. The molecule has 1 fully saturated rings. The van der Waals surface area contributed by atoms with E-state index in [0.717, 1.165) is 52.9 Å². The molecule has 46 nitrogen and oxygen atoms in total. The number of aromatic amines is 1. The lowest BCUT2D eigenvalue weighted by atomic mass is 9.95. The quantitative estimate of drug-likeness (QED) is 0.00383. The summed E-state index contributed by atoms with van der Waals surface area (Å²) in [4.78, 5) is 266. The van der Waals surface area contributed by atoms with E-state index in [0.29, 0.717) is 29.3 Å². The summed E-state index contributed by atoms with van der Waals surface area (Å²) in [7, 11) is 0. The Kier molecular flexibility index (Phi) is 40.6. The van der Waals surface area contributed by atoms with Gasteiger partial charge < -0.3 is 121 Å². The molecule has 644 valence electrons. The highest BCUT2D eigenvalue weighted by atomic mass is 16.5. The molecule has 4 rings (SSSR count). The Balaban J connectivity index is 1.92. The maximum absolute atomic E-state index is 15.0. The van der Waals surface area contributed by atoms with Crippen LogP contribution in [-0.4, -0.2) is 253 Å². The molecule has 0 spiro atoms. The number of carboxylic acids is 4. The number of esters is 1. The number of aliphatic carboxylic acids is 4. The van der Waals surface area contributed by atoms with Crippen molar-refractivity contribution < 1.29 is 127 Å². The molecule has 2 heterocycles. The van der Waals surface area contributed by atoms with Gasteiger partial charge in [-0.05, 0) is 62.7 Å². The maximum atomic E-state index is 15.0. The second-order valence-electron chi connectivity index (χ2n) is 27.5. The first kappa shape index (κ1) is 97.0. The monoisotopic (exact) mass is 1660 g/mol. The van der Waals surface area contributed by atoms with Gasteiger partial charge in [0, 0.05) is 52.5 Å². The van der Waals surface area contributed by atoms with Crippen molar-refractivity contribution in [2.75, 3.05) is 26.2 Å². The second-order valence-corrected chi connectivity index (χ2v) is 27.5. The van der Waals surface area contributed by atoms with Gasteiger partial charge in [-0.3, -0.25) is 86.3 Å². The SMILES string of the molecule is CCCCCCCCCC(=O)NC(Cc1c[nH]c2ccccc12)C(=O)NC(CC(N)=O)C(=O)NC(CC(=O)O)C(=O)NC1C(=O)NCC(=O)NC(CCCN)C(=O)NC(CC(=O)O)C(=O)NC(C)C(=O)NC(CC(=O)O)C(=O)NCC(=O)NC(CO)C(=O)NC(C(C)CC(=O)O)C(=O)NC(C/C(=N/O)c2ccccc2N=[N+]=[N-])C(=O)OC1C. The molecule has 1 aliphatic heterocycles. The first-order valence-electron chi connectivity index (χ1n) is 37.4. The fourth-order valence-corrected chi connectivity index (χ4v) is 11.9. The zero-order valence-electron chi connectivity index (χ0n) is 64.8. The van der Waals surface area contributed by atoms with Crippen LogP contribution in [0.15, 0.2) is 65.0 Å². The summed E-state index contributed by atoms with van der Waals surface area (Å²) in [5.41, 5.74) is 20.7. The largest absolute Gasteiger partial charge is 0.481 e. The third-order valence-electron chi connectivity index (χ3n) is 18.1. The van der Waals surface area contributed by atoms with Crippen LogP contribution >= 0.6 is 0 Å². The number of hydrogen-bond acceptors (Lipinski definition) is 25. The first-order valence-corrected chi connectivity index (χ1v) is 37.4. The number of primary amides is 1. The van der Waals surface area contributed by atoms with Gasteiger partial charge in [0.15, 0.2) is 0 Å². The van der Waals surface area contributed by atoms with E-state index in [9.17, 15) is 123 Å². The van der Waals surface area contributed by atoms with E-state index in [4.69, 9.17) is 16.2 Å². The number of carboxylic acid groups (broad SMARTS) is 4. The molecule has 118 heavy (non-hydrogen) atoms. The molecule has 24 N–H and O–H groups in total. The lowest BCUT2D eigenvalue weighted by molar-refractivity contribution is -0.156. The van der Waals surface area contributed by atoms with Crippen molar-refractivity contribution in [2.24, 2.45) is 27.7 Å². The molecule has 13 unspecified atom stereocenters. The number of fused-ring (bicyclic) bond motifs is 1. The van der Waals surface area contributed by atoms with Crippen LogP contribution in [0.3, 0.4) is 0 Å². The minimum Gasteiger partial charge on any atom is -0.481 e. The summed E-state index contributed by atoms with van der Waals surface area (Å²) >= 11 is 0. The lowest BCUT2D eigenvalue weighted by Crippen LogP contribution is -2.62. The highest BCUT2D eigenvalue weighted by molar-refractivity contribution is 6.07. The number of oxime groups is 1. The third kappa shape index (κ3) is 32.8. The lowest BCUT2D eigenvalue weighted by Gasteiger charge is -2.30. The fraction of sp³-hybridized carbons (Fsp3) is 0.528. The molecule has 14 amide bonds. The number of nitrogens with two attached hydrogens (primary N) is 2. The Bertz CT molecular complexity index is 4230. The van der Waals surface area contributed by atoms with Gasteiger partial charge in [0.1, 0.15) is 72.6 Å². The number of ether oxygens (including phenoxy) is 1. The van der Waals surface area contributed by atoms with E-state index in [1.165, 1.54) is 24.3 Å². The Morgan fingerprint density at radius 2 is 1.14 bits per heavy atom. The van der Waals surface area contributed by atoms with Crippen LogP contribution in [0.1, 0.15) is 142 Å². The smallest absolute Gasteiger partial charge is 0.329 e. The fourth-order valence-electron chi connectivity index (χ4n) is 11.9. The average molecular weight is 1660 g/mol. The Labute approximate surface area is 672 Å². The predicted molar refractivity (Wildman–Crippen MR) is 409 cm³/mol. The zero-order chi connectivity index (χ0) is 87.9. The number of nitrogens with zero attached hydrogens (tertiary/aromatic N) is 4. The van der Waals surface area contributed by atoms with Crippen molar-refractivity contribution in [2.45, 2.75) is 209 Å². The highest BCUT2D eigenvalue weighted by Gasteiger charge is 2.41. The van der Waals surface area contributed by atoms with Crippen LogP contribution in [0.25, 0.3) is 21.3 Å². The number of hydrogen-bond donors (Lipinski definition) is 22. The normalized spacial score (nSPS) is 21.0. The van der Waals surface area contributed by atoms with Crippen molar-refractivity contribution >= 4 is 135 Å². The summed E-state index contributed by atoms with van der Waals surface area (Å²) in [6.45, 7) is 1.01. The summed E-state index contributed by atoms with van der Waals surface area (Å²) in [6.07, 6.45) is -2.47. The van der Waals surface area contributed by atoms with Gasteiger partial charge in [0.05, 0.1) is 57.5 Å². The van der Waals surface area contributed by atoms with Crippen molar-refractivity contribution in [3.05, 3.63) is 76.3 Å². The molecule has 1 saturated heterocycles. The zero-order valence-corrected chi connectivity index (χ0v) is 64.8. The van der Waals surface area contributed by atoms with Gasteiger partial charge in [-0.25, -0.2) is 4.79 Å². The third-order valence-corrected chi connectivity index (χ3v) is 18.1. The van der Waals surface area contributed by atoms with Crippen molar-refractivity contribution in [1.29, 1.82) is 0 Å². The van der Waals surface area contributed by atoms with E-state index in [-0.39, 0.29) is 37.1 Å². The van der Waals surface area contributed by atoms with Crippen molar-refractivity contribution in [3.8, 4) is 0 Å². The topological polar surface area (TPSA) is 740 Å². The molecule has 1 aromatic heterocycles. The highest BCUT2D eigenvalue weighted by Crippen LogP contribution is 2.24. The summed E-state index contributed by atoms with van der Waals surface area (Å²) in [5, 5.41) is 96.1. The first-order chi connectivity index (χ1) is 55.9. The number of aliphatic hydroxyl groups excluding tert-OH is 1. The number of aliphatic hydroxyl groups is 1. The number of azide groups is 1. The van der Waals surface area contributed by atoms with Crippen LogP contribution in [0.2, 0.25) is 0 Å². The van der Waals surface area contributed by atoms with Crippen molar-refractivity contribution in [3.63, 3.8) is 0 Å². The Morgan fingerprint density at radius 1 is 0.593 bits per heavy atom. The maximum Gasteiger partial charge on any atom is 0.329 e. The summed E-state index contributed by atoms with van der Waals surface area (Å²) in [5.74, 6) is -29.0. The molecule has 0 aliphatic carbocycles. The van der Waals surface area contributed by atoms with Gasteiger partial charge in [-0.2, -0.15) is 0 Å². The number of carbonyl (C=O) groups is 19. The van der Waals surface area contributed by atoms with E-state index >= 15 is 4.79 Å². The molecule has 2 aromatic carbocycles. The minimum absolute atomic E-state index is 0.0274. The number of unbranched alkanes of at least 4 members (excludes halogenated alkanes) is 6. The van der Waals surface area contributed by atoms with Gasteiger partial charge in [-0.15, -0.1) is 0 Å². The molecule has 0 saturated carbocycles. The predicted octanol–water partition coefficient (Wildman–Crippen LogP) is -4.27. The van der Waals surface area contributed by atoms with E-state index < -0.39 is 261 Å². The van der Waals surface area contributed by atoms with Crippen molar-refractivity contribution in [1.82, 2.24) is 74.1 Å². The number of benzene rings is 2. The van der Waals surface area contributed by atoms with Gasteiger partial charge in [0.25, 0.3) is 0 Å². The molecule has 1 aliphatic rings. The summed E-state index contributed by atoms with van der Waals surface area (Å²) < 4.78 is 5.74. The van der Waals surface area contributed by atoms with E-state index in [1.807, 2.05) is 16.0 Å². The van der Waals surface area contributed by atoms with Crippen LogP contribution in [-0.2, 0) is 102 Å². The van der Waals surface area contributed by atoms with Crippen LogP contribution in [0, 0.1) is 5.92 Å². The standard InChI is InChI=1S/C72H100N20O26/c1-5-6-7-8-9-10-11-22-53(95)81-45(25-38-31-76-41-19-14-12-17-39(38)41)66(110)84-46(27-52(74)94)67(111)86-49(30-59(104)105)68(112)89-61-37(4)118-72(116)50(26-44(91-117)40-18-13-15-20-42(40)90-92-75)87-71(115)60(35(2)24-56(98)99)88-69(113)51(34-93)82-55(97)32-77-63(107)47(28-57(100)101)83-62(106)36(3)79-65(109)48(29-58(102)103)85-64(108)43(21-16-23-73)80-54(96)33-78-70(61)114/h12-15,17-20,31,35-37,43,45-51,60-61,76,93,117H,5-11,16,21-30,32-34,73H2,1-4H3,(H2,74,94)(H,77,107)(H,78,114)(H,79,109)(H,80,96)(H,81,95)(H,82,97)(H,83,106)(H,84,110)(H,85,108)(H,86,111)(H,87,115)(H,88,113)(H,89,112)(H,98,99)(H,100,101)(H,102,103)(H,104,105)/b91-44-. The number of para-hydroxylation sites is 1. The number of aromatic nitrogens is 1. The van der Waals surface area contributed by atoms with E-state index in [2.05, 4.69) is 80.3 Å². The number of cyclic esters (lactones) is 1. The van der Waals surface area contributed by atoms with Crippen LogP contribution in [0.4, 0.5) is 5.69 Å². The van der Waals surface area contributed by atoms with Gasteiger partial charge >= 0.3 is 29.8 Å². The number of nitrogens with one attached hydrogen (secondary N) is 14. The Morgan fingerprint density at radius 3 is 1.75 bits per heavy atom. The number of H-pyrrole nitrogens is 1. The van der Waals surface area contributed by atoms with Gasteiger partial charge in [-0.1, -0.05) is 105 Å². The second kappa shape index (κ2) is 49.4. The molecule has 13 atom stereocenters. The molecular formula is C72H100N20O26. The van der Waals surface area contributed by atoms with Crippen LogP contribution in [0.5, 0.6) is 0 Å². The Hall–Kier alpha value is -13.4. The number of amides is 14. The molecular weight excluding hydrogens is 1560 g/mol. The summed E-state index contributed by atoms with van der Waals surface area (Å²) in [6, 6.07) is -10.9. The van der Waals surface area contributed by atoms with E-state index in [1.54, 1.807) is 30.5 Å². The molecule has 0 radical (unpaired) electrons. The minimum atomic E-state index is -2.48. The van der Waals surface area contributed by atoms with Gasteiger partial charge in [0.2, 0.25) is 82.7 Å². The molecule has 0 bridgehead atoms. The molecule has 3 aromatic rings. The van der Waals surface area contributed by atoms with Crippen LogP contribution < -0.4 is 80.6 Å². The average Bonchev–Trinajstić information content (AvgIpc) is 1.64. The number of rotatable bonds is 36. The molecule has 46 heteroatoms.